The van der Waals surface area contributed by atoms with Crippen LogP contribution >= 0.6 is 0 Å². The van der Waals surface area contributed by atoms with Gasteiger partial charge in [-0.25, -0.2) is 0 Å². The molecule has 88 valence electrons. The van der Waals surface area contributed by atoms with E-state index in [9.17, 15) is 4.79 Å². The second kappa shape index (κ2) is 4.82. The van der Waals surface area contributed by atoms with Crippen LogP contribution in [-0.4, -0.2) is 21.9 Å². The highest BCUT2D eigenvalue weighted by Crippen LogP contribution is 2.30. The molecule has 0 aliphatic heterocycles. The van der Waals surface area contributed by atoms with Crippen LogP contribution in [0.4, 0.5) is 0 Å². The topological polar surface area (TPSA) is 20.3 Å². The number of nitrogens with zero attached hydrogens (tertiary/aromatic N) is 1. The molecule has 0 spiro atoms. The molecule has 0 aliphatic carbocycles. The maximum absolute atomic E-state index is 11.9. The average Bonchev–Trinajstić information content (AvgIpc) is 2.17. The van der Waals surface area contributed by atoms with Crippen molar-refractivity contribution >= 4 is 5.91 Å². The number of carbonyl (C=O) groups is 1. The molecule has 0 radical (unpaired) electrons. The first-order chi connectivity index (χ1) is 6.72. The van der Waals surface area contributed by atoms with Crippen molar-refractivity contribution in [3.63, 3.8) is 0 Å². The summed E-state index contributed by atoms with van der Waals surface area (Å²) in [6.45, 7) is 16.2. The van der Waals surface area contributed by atoms with Crippen LogP contribution in [0.15, 0.2) is 12.7 Å². The Kier molecular flexibility index (Phi) is 4.57. The third kappa shape index (κ3) is 3.08. The molecule has 0 saturated carbocycles. The fourth-order valence-electron chi connectivity index (χ4n) is 1.82. The van der Waals surface area contributed by atoms with Gasteiger partial charge in [0.2, 0.25) is 5.91 Å². The first-order valence-electron chi connectivity index (χ1n) is 5.69. The molecule has 0 fully saturated rings. The lowest BCUT2D eigenvalue weighted by atomic mass is 9.89. The number of hydrogen-bond acceptors (Lipinski definition) is 1. The lowest BCUT2D eigenvalue weighted by Gasteiger charge is -2.48. The van der Waals surface area contributed by atoms with Gasteiger partial charge in [0.15, 0.2) is 0 Å². The molecule has 15 heavy (non-hydrogen) atoms. The molecule has 2 nitrogen and oxygen atoms in total. The summed E-state index contributed by atoms with van der Waals surface area (Å²) in [7, 11) is 0. The van der Waals surface area contributed by atoms with Gasteiger partial charge in [-0.15, -0.1) is 0 Å². The summed E-state index contributed by atoms with van der Waals surface area (Å²) in [5.41, 5.74) is -0.241. The average molecular weight is 211 g/mol. The van der Waals surface area contributed by atoms with E-state index in [1.165, 1.54) is 6.08 Å². The normalized spacial score (nSPS) is 12.4. The molecule has 0 saturated heterocycles. The molecule has 0 aliphatic rings. The van der Waals surface area contributed by atoms with E-state index in [1.807, 2.05) is 4.90 Å². The zero-order chi connectivity index (χ0) is 12.3. The standard InChI is InChI=1S/C13H25NO/c1-8-11(15)14(12(4,5)9-2)13(6,7)10-3/h8H,1,9-10H2,2-7H3. The summed E-state index contributed by atoms with van der Waals surface area (Å²) in [4.78, 5) is 13.9. The van der Waals surface area contributed by atoms with Gasteiger partial charge in [0, 0.05) is 11.1 Å². The lowest BCUT2D eigenvalue weighted by molar-refractivity contribution is -0.139. The zero-order valence-corrected chi connectivity index (χ0v) is 11.1. The first-order valence-corrected chi connectivity index (χ1v) is 5.69. The summed E-state index contributed by atoms with van der Waals surface area (Å²) < 4.78 is 0. The van der Waals surface area contributed by atoms with Crippen LogP contribution in [0.1, 0.15) is 54.4 Å². The third-order valence-electron chi connectivity index (χ3n) is 3.34. The van der Waals surface area contributed by atoms with Crippen LogP contribution in [0, 0.1) is 0 Å². The summed E-state index contributed by atoms with van der Waals surface area (Å²) >= 11 is 0. The van der Waals surface area contributed by atoms with Crippen molar-refractivity contribution in [1.82, 2.24) is 4.90 Å². The smallest absolute Gasteiger partial charge is 0.246 e. The SMILES string of the molecule is C=CC(=O)N(C(C)(C)CC)C(C)(C)CC. The Balaban J connectivity index is 5.24. The summed E-state index contributed by atoms with van der Waals surface area (Å²) in [5.74, 6) is 0.0219. The maximum atomic E-state index is 11.9. The van der Waals surface area contributed by atoms with Gasteiger partial charge in [-0.2, -0.15) is 0 Å². The van der Waals surface area contributed by atoms with Gasteiger partial charge in [0.1, 0.15) is 0 Å². The first kappa shape index (κ1) is 14.2. The lowest BCUT2D eigenvalue weighted by Crippen LogP contribution is -2.57. The second-order valence-corrected chi connectivity index (χ2v) is 5.21. The summed E-state index contributed by atoms with van der Waals surface area (Å²) in [5, 5.41) is 0. The highest BCUT2D eigenvalue weighted by Gasteiger charge is 2.37. The van der Waals surface area contributed by atoms with E-state index >= 15 is 0 Å². The Bertz CT molecular complexity index is 225. The van der Waals surface area contributed by atoms with Gasteiger partial charge < -0.3 is 4.90 Å². The zero-order valence-electron chi connectivity index (χ0n) is 11.1. The van der Waals surface area contributed by atoms with Crippen molar-refractivity contribution in [1.29, 1.82) is 0 Å². The van der Waals surface area contributed by atoms with E-state index in [0.717, 1.165) is 12.8 Å². The number of amides is 1. The van der Waals surface area contributed by atoms with Gasteiger partial charge >= 0.3 is 0 Å². The molecule has 1 amide bonds. The van der Waals surface area contributed by atoms with Crippen molar-refractivity contribution in [3.8, 4) is 0 Å². The van der Waals surface area contributed by atoms with E-state index in [4.69, 9.17) is 0 Å². The molecule has 0 unspecified atom stereocenters. The van der Waals surface area contributed by atoms with Crippen LogP contribution in [0.2, 0.25) is 0 Å². The van der Waals surface area contributed by atoms with Gasteiger partial charge in [-0.05, 0) is 46.6 Å². The van der Waals surface area contributed by atoms with Crippen molar-refractivity contribution in [2.24, 2.45) is 0 Å². The third-order valence-corrected chi connectivity index (χ3v) is 3.34. The minimum atomic E-state index is -0.120. The molecule has 0 N–H and O–H groups in total. The van der Waals surface area contributed by atoms with Crippen LogP contribution in [0.5, 0.6) is 0 Å². The van der Waals surface area contributed by atoms with Crippen molar-refractivity contribution in [2.75, 3.05) is 0 Å². The minimum absolute atomic E-state index is 0.0219. The summed E-state index contributed by atoms with van der Waals surface area (Å²) in [6, 6.07) is 0. The van der Waals surface area contributed by atoms with Crippen LogP contribution in [0.25, 0.3) is 0 Å². The second-order valence-electron chi connectivity index (χ2n) is 5.21. The predicted octanol–water partition coefficient (Wildman–Crippen LogP) is 3.38. The van der Waals surface area contributed by atoms with E-state index < -0.39 is 0 Å². The van der Waals surface area contributed by atoms with Gasteiger partial charge in [-0.3, -0.25) is 4.79 Å². The molecule has 2 heteroatoms. The fraction of sp³-hybridized carbons (Fsp3) is 0.769. The molecular weight excluding hydrogens is 186 g/mol. The summed E-state index contributed by atoms with van der Waals surface area (Å²) in [6.07, 6.45) is 3.29. The largest absolute Gasteiger partial charge is 0.329 e. The van der Waals surface area contributed by atoms with Crippen LogP contribution in [0.3, 0.4) is 0 Å². The molecule has 0 aromatic heterocycles. The highest BCUT2D eigenvalue weighted by molar-refractivity contribution is 5.88. The van der Waals surface area contributed by atoms with Gasteiger partial charge in [-0.1, -0.05) is 20.4 Å². The quantitative estimate of drug-likeness (QED) is 0.638. The van der Waals surface area contributed by atoms with E-state index in [-0.39, 0.29) is 17.0 Å². The number of rotatable bonds is 5. The van der Waals surface area contributed by atoms with Crippen LogP contribution < -0.4 is 0 Å². The molecule has 0 atom stereocenters. The Morgan fingerprint density at radius 2 is 1.47 bits per heavy atom. The molecule has 0 rings (SSSR count). The Hall–Kier alpha value is -0.790. The van der Waals surface area contributed by atoms with Gasteiger partial charge in [0.25, 0.3) is 0 Å². The molecular formula is C13H25NO. The predicted molar refractivity (Wildman–Crippen MR) is 65.8 cm³/mol. The van der Waals surface area contributed by atoms with E-state index in [1.54, 1.807) is 0 Å². The van der Waals surface area contributed by atoms with Crippen molar-refractivity contribution in [3.05, 3.63) is 12.7 Å². The Morgan fingerprint density at radius 3 is 1.67 bits per heavy atom. The number of carbonyl (C=O) groups excluding carboxylic acids is 1. The molecule has 0 heterocycles. The van der Waals surface area contributed by atoms with Crippen LogP contribution in [-0.2, 0) is 4.79 Å². The minimum Gasteiger partial charge on any atom is -0.329 e. The van der Waals surface area contributed by atoms with E-state index in [0.29, 0.717) is 0 Å². The molecule has 0 aromatic rings. The Morgan fingerprint density at radius 1 is 1.13 bits per heavy atom. The molecule has 0 aromatic carbocycles. The number of hydrogen-bond donors (Lipinski definition) is 0. The fourth-order valence-corrected chi connectivity index (χ4v) is 1.82. The van der Waals surface area contributed by atoms with Gasteiger partial charge in [0.05, 0.1) is 0 Å². The van der Waals surface area contributed by atoms with Crippen molar-refractivity contribution < 1.29 is 4.79 Å². The maximum Gasteiger partial charge on any atom is 0.246 e. The monoisotopic (exact) mass is 211 g/mol. The van der Waals surface area contributed by atoms with E-state index in [2.05, 4.69) is 48.1 Å². The molecule has 0 bridgehead atoms. The van der Waals surface area contributed by atoms with Crippen molar-refractivity contribution in [2.45, 2.75) is 65.5 Å². The Labute approximate surface area is 94.4 Å². The highest BCUT2D eigenvalue weighted by atomic mass is 16.2.